The Balaban J connectivity index is -0.000000123. The molecule has 0 amide bonds. The van der Waals surface area contributed by atoms with E-state index in [1.807, 2.05) is 0 Å². The van der Waals surface area contributed by atoms with Gasteiger partial charge in [0.25, 0.3) is 0 Å². The molecule has 0 spiro atoms. The van der Waals surface area contributed by atoms with Gasteiger partial charge >= 0.3 is 33.0 Å². The van der Waals surface area contributed by atoms with E-state index < -0.39 is 18.0 Å². The van der Waals surface area contributed by atoms with Gasteiger partial charge in [-0.2, -0.15) is 12.0 Å². The molecule has 2 atom stereocenters. The summed E-state index contributed by atoms with van der Waals surface area (Å²) in [6, 6.07) is -1.30. The molecule has 0 bridgehead atoms. The maximum absolute atomic E-state index is 10.2. The molecule has 134 valence electrons. The Hall–Kier alpha value is -0.712. The third-order valence-corrected chi connectivity index (χ3v) is 2.89. The van der Waals surface area contributed by atoms with E-state index in [1.165, 1.54) is 33.4 Å². The Kier molecular flexibility index (Phi) is 22.2. The molecule has 1 saturated carbocycles. The summed E-state index contributed by atoms with van der Waals surface area (Å²) >= 11 is 0. The molecule has 1 aliphatic carbocycles. The largest absolute Gasteiger partial charge is 2.00 e. The number of likely N-dealkylation sites (N-methyl/N-ethyl adjacent to an activating group) is 1. The van der Waals surface area contributed by atoms with Crippen molar-refractivity contribution in [2.24, 2.45) is 5.92 Å². The predicted molar refractivity (Wildman–Crippen MR) is 86.2 cm³/mol. The zero-order valence-corrected chi connectivity index (χ0v) is 14.9. The summed E-state index contributed by atoms with van der Waals surface area (Å²) in [6.07, 6.45) is 4.80. The van der Waals surface area contributed by atoms with Crippen molar-refractivity contribution in [3.05, 3.63) is 25.8 Å². The Labute approximate surface area is 149 Å². The van der Waals surface area contributed by atoms with Crippen LogP contribution in [0.5, 0.6) is 0 Å². The number of carboxylic acids is 2. The fourth-order valence-corrected chi connectivity index (χ4v) is 1.76. The van der Waals surface area contributed by atoms with E-state index in [9.17, 15) is 9.59 Å². The quantitative estimate of drug-likeness (QED) is 0.355. The molecule has 0 aromatic heterocycles. The van der Waals surface area contributed by atoms with Gasteiger partial charge in [-0.1, -0.05) is 33.1 Å². The molecule has 0 radical (unpaired) electrons. The SMILES string of the molecule is C.C=C.CN(C)C(C(=O)O)C(=O)O.[CH2-]C1CCCCC1[NH-].[Pt+2]. The number of hydrogen-bond donors (Lipinski definition) is 2. The summed E-state index contributed by atoms with van der Waals surface area (Å²) in [5.74, 6) is -2.28. The van der Waals surface area contributed by atoms with Crippen LogP contribution >= 0.6 is 0 Å². The molecule has 3 N–H and O–H groups in total. The van der Waals surface area contributed by atoms with Crippen molar-refractivity contribution in [3.8, 4) is 0 Å². The minimum Gasteiger partial charge on any atom is -0.677 e. The summed E-state index contributed by atoms with van der Waals surface area (Å²) in [7, 11) is 2.79. The first kappa shape index (κ1) is 29.3. The zero-order chi connectivity index (χ0) is 16.3. The van der Waals surface area contributed by atoms with Crippen LogP contribution in [0.3, 0.4) is 0 Å². The van der Waals surface area contributed by atoms with Crippen LogP contribution in [0.15, 0.2) is 13.2 Å². The summed E-state index contributed by atoms with van der Waals surface area (Å²) in [5.41, 5.74) is 7.42. The van der Waals surface area contributed by atoms with Crippen LogP contribution in [-0.4, -0.2) is 53.2 Å². The van der Waals surface area contributed by atoms with Crippen molar-refractivity contribution in [2.75, 3.05) is 14.1 Å². The monoisotopic (exact) mass is 497 g/mol. The maximum Gasteiger partial charge on any atom is 2.00 e. The molecule has 0 aliphatic heterocycles. The van der Waals surface area contributed by atoms with Gasteiger partial charge in [0.2, 0.25) is 6.04 Å². The van der Waals surface area contributed by atoms with Gasteiger partial charge < -0.3 is 22.9 Å². The van der Waals surface area contributed by atoms with Crippen LogP contribution in [-0.2, 0) is 30.7 Å². The average Bonchev–Trinajstić information content (AvgIpc) is 2.34. The van der Waals surface area contributed by atoms with Gasteiger partial charge in [-0.15, -0.1) is 13.2 Å². The Bertz CT molecular complexity index is 277. The second-order valence-corrected chi connectivity index (χ2v) is 4.69. The maximum atomic E-state index is 10.2. The predicted octanol–water partition coefficient (Wildman–Crippen LogP) is 2.95. The second-order valence-electron chi connectivity index (χ2n) is 4.69. The summed E-state index contributed by atoms with van der Waals surface area (Å²) in [5, 5.41) is 16.6. The summed E-state index contributed by atoms with van der Waals surface area (Å²) in [4.78, 5) is 21.4. The van der Waals surface area contributed by atoms with Crippen molar-refractivity contribution < 1.29 is 40.9 Å². The molecule has 22 heavy (non-hydrogen) atoms. The smallest absolute Gasteiger partial charge is 0.677 e. The summed E-state index contributed by atoms with van der Waals surface area (Å²) in [6.45, 7) is 9.89. The summed E-state index contributed by atoms with van der Waals surface area (Å²) < 4.78 is 0. The number of nitrogens with one attached hydrogen (secondary N) is 1. The van der Waals surface area contributed by atoms with E-state index in [0.29, 0.717) is 5.92 Å². The fraction of sp³-hybridized carbons (Fsp3) is 0.667. The number of rotatable bonds is 3. The molecule has 0 aromatic rings. The van der Waals surface area contributed by atoms with Crippen molar-refractivity contribution in [1.29, 1.82) is 0 Å². The van der Waals surface area contributed by atoms with Crippen LogP contribution in [0.2, 0.25) is 0 Å². The van der Waals surface area contributed by atoms with Gasteiger partial charge in [0.05, 0.1) is 0 Å². The van der Waals surface area contributed by atoms with Gasteiger partial charge in [0.1, 0.15) is 0 Å². The molecular weight excluding hydrogens is 467 g/mol. The van der Waals surface area contributed by atoms with Crippen molar-refractivity contribution in [1.82, 2.24) is 4.90 Å². The van der Waals surface area contributed by atoms with Gasteiger partial charge in [-0.25, -0.2) is 9.59 Å². The zero-order valence-electron chi connectivity index (χ0n) is 12.7. The van der Waals surface area contributed by atoms with E-state index in [0.717, 1.165) is 11.3 Å². The minimum atomic E-state index is -1.44. The van der Waals surface area contributed by atoms with Gasteiger partial charge in [0, 0.05) is 0 Å². The van der Waals surface area contributed by atoms with Crippen molar-refractivity contribution in [2.45, 2.75) is 45.2 Å². The van der Waals surface area contributed by atoms with Crippen molar-refractivity contribution in [3.63, 3.8) is 0 Å². The topological polar surface area (TPSA) is 102 Å². The third-order valence-electron chi connectivity index (χ3n) is 2.89. The van der Waals surface area contributed by atoms with Crippen LogP contribution < -0.4 is 0 Å². The molecule has 1 aliphatic rings. The molecule has 1 fully saturated rings. The van der Waals surface area contributed by atoms with Crippen LogP contribution in [0.4, 0.5) is 0 Å². The Morgan fingerprint density at radius 1 is 1.18 bits per heavy atom. The molecule has 0 aromatic carbocycles. The van der Waals surface area contributed by atoms with Crippen LogP contribution in [0, 0.1) is 12.8 Å². The first-order valence-electron chi connectivity index (χ1n) is 6.43. The molecule has 0 heterocycles. The van der Waals surface area contributed by atoms with Crippen LogP contribution in [0.25, 0.3) is 5.73 Å². The molecule has 7 heteroatoms. The third kappa shape index (κ3) is 13.0. The van der Waals surface area contributed by atoms with Crippen LogP contribution in [0.1, 0.15) is 33.1 Å². The van der Waals surface area contributed by atoms with E-state index in [2.05, 4.69) is 20.1 Å². The molecular formula is C15H30N2O4Pt. The average molecular weight is 497 g/mol. The molecule has 1 rings (SSSR count). The standard InChI is InChI=1S/C7H13N.C5H9NO4.C2H4.CH4.Pt/c1-6-4-2-3-5-7(6)8;1-6(2)3(4(7)8)5(9)10;1-2;;/h6-8H,1-5H2;3H,1-2H3,(H,7,8)(H,9,10);1-2H2;1H4;/q-2;;;;+2. The molecule has 2 unspecified atom stereocenters. The van der Waals surface area contributed by atoms with Gasteiger partial charge in [-0.05, 0) is 14.1 Å². The first-order valence-corrected chi connectivity index (χ1v) is 6.43. The number of nitrogens with zero attached hydrogens (tertiary/aromatic N) is 1. The normalized spacial score (nSPS) is 19.4. The first-order chi connectivity index (χ1) is 9.27. The van der Waals surface area contributed by atoms with E-state index in [4.69, 9.17) is 15.9 Å². The second kappa shape index (κ2) is 16.7. The van der Waals surface area contributed by atoms with Crippen molar-refractivity contribution >= 4 is 11.9 Å². The number of aliphatic carboxylic acids is 2. The Morgan fingerprint density at radius 2 is 1.55 bits per heavy atom. The van der Waals surface area contributed by atoms with E-state index in [1.54, 1.807) is 0 Å². The van der Waals surface area contributed by atoms with E-state index in [-0.39, 0.29) is 34.5 Å². The van der Waals surface area contributed by atoms with E-state index >= 15 is 0 Å². The molecule has 6 nitrogen and oxygen atoms in total. The van der Waals surface area contributed by atoms with Gasteiger partial charge in [0.15, 0.2) is 0 Å². The number of hydrogen-bond acceptors (Lipinski definition) is 3. The molecule has 0 saturated heterocycles. The number of carbonyl (C=O) groups is 2. The minimum absolute atomic E-state index is 0. The fourth-order valence-electron chi connectivity index (χ4n) is 1.76. The number of carboxylic acid groups (broad SMARTS) is 2. The Morgan fingerprint density at radius 3 is 1.68 bits per heavy atom. The van der Waals surface area contributed by atoms with Gasteiger partial charge in [-0.3, -0.25) is 4.90 Å².